The largest absolute Gasteiger partial charge is 0.394 e. The standard InChI is InChI=1S/C22H28FN7O3S/c1-33-29-15-4-5-18(34-21(28-24)30(25)7-8-31)16(10-15)20(32)27-19-17(23)9-14(12-26-19)22-6-2-3-13(22)11-22/h4-5,9-10,12-13,29,31H,2-3,6-8,11,24-25H2,1H3,(H,26,27,32)/p+1/b28-21+. The highest BCUT2D eigenvalue weighted by Crippen LogP contribution is 2.64. The van der Waals surface area contributed by atoms with Crippen LogP contribution >= 0.6 is 11.8 Å². The van der Waals surface area contributed by atoms with Gasteiger partial charge in [-0.15, -0.1) is 0 Å². The van der Waals surface area contributed by atoms with Gasteiger partial charge in [-0.1, -0.05) is 6.42 Å². The van der Waals surface area contributed by atoms with Crippen molar-refractivity contribution in [1.29, 1.82) is 0 Å². The Balaban J connectivity index is 1.57. The number of anilines is 1. The maximum atomic E-state index is 14.9. The van der Waals surface area contributed by atoms with Crippen LogP contribution in [0, 0.1) is 11.7 Å². The van der Waals surface area contributed by atoms with Gasteiger partial charge in [-0.25, -0.2) is 20.1 Å². The zero-order chi connectivity index (χ0) is 24.3. The van der Waals surface area contributed by atoms with Crippen LogP contribution in [0.3, 0.4) is 0 Å². The van der Waals surface area contributed by atoms with Crippen molar-refractivity contribution in [1.82, 2.24) is 9.99 Å². The fourth-order valence-electron chi connectivity index (χ4n) is 4.69. The molecule has 182 valence electrons. The molecular formula is C22H29FN7O3S+. The van der Waals surface area contributed by atoms with Gasteiger partial charge in [0.25, 0.3) is 5.91 Å². The smallest absolute Gasteiger partial charge is 0.258 e. The molecule has 34 heavy (non-hydrogen) atoms. The molecule has 12 heteroatoms. The molecule has 2 saturated carbocycles. The van der Waals surface area contributed by atoms with Crippen molar-refractivity contribution in [2.75, 3.05) is 25.6 Å². The van der Waals surface area contributed by atoms with Gasteiger partial charge in [0, 0.05) is 28.6 Å². The van der Waals surface area contributed by atoms with Crippen LogP contribution in [-0.4, -0.2) is 46.4 Å². The first kappa shape index (κ1) is 24.4. The number of hydrogen-bond donors (Lipinski definition) is 5. The van der Waals surface area contributed by atoms with Gasteiger partial charge in [-0.2, -0.15) is 10.6 Å². The molecule has 2 aliphatic carbocycles. The third-order valence-corrected chi connectivity index (χ3v) is 7.55. The van der Waals surface area contributed by atoms with Crippen molar-refractivity contribution < 1.29 is 24.6 Å². The number of carbonyl (C=O) groups is 1. The van der Waals surface area contributed by atoms with E-state index in [1.807, 2.05) is 0 Å². The molecule has 2 unspecified atom stereocenters. The third-order valence-electron chi connectivity index (χ3n) is 6.46. The Morgan fingerprint density at radius 2 is 2.32 bits per heavy atom. The summed E-state index contributed by atoms with van der Waals surface area (Å²) >= 11 is 1.04. The predicted octanol–water partition coefficient (Wildman–Crippen LogP) is 1.16. The second kappa shape index (κ2) is 10.2. The first-order valence-corrected chi connectivity index (χ1v) is 11.8. The molecule has 8 N–H and O–H groups in total. The quantitative estimate of drug-likeness (QED) is 0.0922. The van der Waals surface area contributed by atoms with E-state index in [0.717, 1.165) is 36.6 Å². The number of pyridine rings is 1. The predicted molar refractivity (Wildman–Crippen MR) is 126 cm³/mol. The average molecular weight is 491 g/mol. The van der Waals surface area contributed by atoms with Gasteiger partial charge >= 0.3 is 0 Å². The number of quaternary nitrogens is 1. The number of benzene rings is 1. The van der Waals surface area contributed by atoms with E-state index in [4.69, 9.17) is 21.6 Å². The molecule has 1 aromatic carbocycles. The van der Waals surface area contributed by atoms with Crippen LogP contribution in [0.25, 0.3) is 0 Å². The second-order valence-corrected chi connectivity index (χ2v) is 9.51. The topological polar surface area (TPSA) is 156 Å². The zero-order valence-electron chi connectivity index (χ0n) is 18.8. The van der Waals surface area contributed by atoms with E-state index in [2.05, 4.69) is 15.4 Å². The van der Waals surface area contributed by atoms with Crippen molar-refractivity contribution in [3.05, 3.63) is 47.4 Å². The molecule has 4 rings (SSSR count). The summed E-state index contributed by atoms with van der Waals surface area (Å²) in [6.45, 7) is -0.0991. The number of thioether (sulfide) groups is 1. The van der Waals surface area contributed by atoms with Gasteiger partial charge < -0.3 is 16.3 Å². The number of hydrazine groups is 1. The summed E-state index contributed by atoms with van der Waals surface area (Å²) in [6.07, 6.45) is 6.17. The van der Waals surface area contributed by atoms with Crippen molar-refractivity contribution >= 4 is 34.3 Å². The van der Waals surface area contributed by atoms with Gasteiger partial charge in [-0.3, -0.25) is 9.80 Å². The Kier molecular flexibility index (Phi) is 7.33. The molecule has 2 aromatic rings. The molecule has 0 saturated heterocycles. The summed E-state index contributed by atoms with van der Waals surface area (Å²) in [5, 5.41) is 16.7. The molecule has 2 atom stereocenters. The van der Waals surface area contributed by atoms with Gasteiger partial charge in [0.1, 0.15) is 0 Å². The number of fused-ring (bicyclic) bond motifs is 1. The molecule has 0 spiro atoms. The zero-order valence-corrected chi connectivity index (χ0v) is 19.6. The third kappa shape index (κ3) is 4.86. The van der Waals surface area contributed by atoms with Crippen LogP contribution in [0.5, 0.6) is 0 Å². The maximum absolute atomic E-state index is 14.9. The van der Waals surface area contributed by atoms with Crippen LogP contribution in [0.1, 0.15) is 41.6 Å². The summed E-state index contributed by atoms with van der Waals surface area (Å²) in [6, 6.07) is 6.52. The monoisotopic (exact) mass is 490 g/mol. The van der Waals surface area contributed by atoms with Gasteiger partial charge in [0.2, 0.25) is 5.17 Å². The molecule has 0 bridgehead atoms. The lowest BCUT2D eigenvalue weighted by Gasteiger charge is -2.19. The van der Waals surface area contributed by atoms with E-state index in [1.165, 1.54) is 30.1 Å². The van der Waals surface area contributed by atoms with Crippen molar-refractivity contribution in [2.24, 2.45) is 22.7 Å². The highest BCUT2D eigenvalue weighted by molar-refractivity contribution is 8.13. The van der Waals surface area contributed by atoms with Gasteiger partial charge in [0.05, 0.1) is 25.8 Å². The van der Waals surface area contributed by atoms with E-state index < -0.39 is 11.7 Å². The van der Waals surface area contributed by atoms with Crippen molar-refractivity contribution in [2.45, 2.75) is 36.0 Å². The number of halogens is 1. The number of aliphatic hydroxyl groups excluding tert-OH is 1. The van der Waals surface area contributed by atoms with E-state index in [0.29, 0.717) is 16.5 Å². The van der Waals surface area contributed by atoms with Crippen LogP contribution in [0.4, 0.5) is 15.9 Å². The lowest BCUT2D eigenvalue weighted by molar-refractivity contribution is -0.830. The second-order valence-electron chi connectivity index (χ2n) is 8.50. The van der Waals surface area contributed by atoms with Crippen LogP contribution in [0.15, 0.2) is 40.5 Å². The molecule has 2 fully saturated rings. The highest BCUT2D eigenvalue weighted by Gasteiger charge is 2.57. The molecule has 10 nitrogen and oxygen atoms in total. The molecule has 0 radical (unpaired) electrons. The van der Waals surface area contributed by atoms with Gasteiger partial charge in [-0.05, 0) is 54.6 Å². The number of aliphatic hydroxyl groups is 1. The maximum Gasteiger partial charge on any atom is 0.258 e. The van der Waals surface area contributed by atoms with E-state index in [1.54, 1.807) is 24.4 Å². The fraction of sp³-hybridized carbons (Fsp3) is 0.409. The van der Waals surface area contributed by atoms with Crippen LogP contribution in [-0.2, 0) is 10.3 Å². The Hall–Kier alpha value is -2.77. The Bertz CT molecular complexity index is 1100. The number of nitrogens with two attached hydrogens (primary N) is 3. The Morgan fingerprint density at radius 3 is 2.94 bits per heavy atom. The average Bonchev–Trinajstić information content (AvgIpc) is 3.39. The normalized spacial score (nSPS) is 21.3. The molecule has 0 aliphatic heterocycles. The summed E-state index contributed by atoms with van der Waals surface area (Å²) in [4.78, 5) is 22.9. The van der Waals surface area contributed by atoms with E-state index in [9.17, 15) is 9.18 Å². The summed E-state index contributed by atoms with van der Waals surface area (Å²) in [7, 11) is 1.50. The minimum atomic E-state index is -0.563. The Labute approximate surface area is 200 Å². The number of hydrazone groups is 1. The summed E-state index contributed by atoms with van der Waals surface area (Å²) < 4.78 is 14.9. The van der Waals surface area contributed by atoms with Crippen molar-refractivity contribution in [3.8, 4) is 0 Å². The number of nitrogens with zero attached hydrogens (tertiary/aromatic N) is 3. The Morgan fingerprint density at radius 1 is 1.50 bits per heavy atom. The molecule has 1 heterocycles. The number of nitrogens with one attached hydrogen (secondary N) is 1. The summed E-state index contributed by atoms with van der Waals surface area (Å²) in [5.41, 5.74) is 3.33. The van der Waals surface area contributed by atoms with E-state index >= 15 is 0 Å². The van der Waals surface area contributed by atoms with Crippen molar-refractivity contribution in [3.63, 3.8) is 0 Å². The molecule has 1 aromatic heterocycles. The SMILES string of the molecule is CO[NH2+]c1ccc(S/C(=N/N)N(N)CCO)c(C(=O)Nc2ncc(C34CCCC3C4)cc2F)c1. The minimum absolute atomic E-state index is 0.0745. The summed E-state index contributed by atoms with van der Waals surface area (Å²) in [5.74, 6) is 10.7. The lowest BCUT2D eigenvalue weighted by atomic mass is 9.95. The number of hydrogen-bond acceptors (Lipinski definition) is 8. The van der Waals surface area contributed by atoms with E-state index in [-0.39, 0.29) is 35.1 Å². The minimum Gasteiger partial charge on any atom is -0.394 e. The number of carbonyl (C=O) groups excluding carboxylic acids is 1. The number of amidine groups is 1. The molecular weight excluding hydrogens is 461 g/mol. The first-order valence-electron chi connectivity index (χ1n) is 11.0. The molecule has 2 aliphatic rings. The highest BCUT2D eigenvalue weighted by atomic mass is 32.2. The fourth-order valence-corrected chi connectivity index (χ4v) is 5.54. The first-order chi connectivity index (χ1) is 16.4. The van der Waals surface area contributed by atoms with Crippen LogP contribution in [0.2, 0.25) is 0 Å². The van der Waals surface area contributed by atoms with Gasteiger partial charge in [0.15, 0.2) is 17.3 Å². The number of rotatable bonds is 8. The van der Waals surface area contributed by atoms with Crippen LogP contribution < -0.4 is 22.5 Å². The number of amides is 1. The molecule has 1 amide bonds. The lowest BCUT2D eigenvalue weighted by Crippen LogP contribution is -2.76. The number of aromatic nitrogens is 1.